The molecule has 0 amide bonds. The minimum Gasteiger partial charge on any atom is -0.370 e. The highest BCUT2D eigenvalue weighted by molar-refractivity contribution is 6.33. The van der Waals surface area contributed by atoms with Crippen LogP contribution in [-0.2, 0) is 6.54 Å². The van der Waals surface area contributed by atoms with Crippen molar-refractivity contribution in [3.63, 3.8) is 0 Å². The summed E-state index contributed by atoms with van der Waals surface area (Å²) in [6.45, 7) is 12.8. The Morgan fingerprint density at radius 3 is 2.53 bits per heavy atom. The maximum atomic E-state index is 6.43. The predicted octanol–water partition coefficient (Wildman–Crippen LogP) is 4.32. The Hall–Kier alpha value is -0.730. The van der Waals surface area contributed by atoms with Crippen molar-refractivity contribution in [2.45, 2.75) is 40.7 Å². The van der Waals surface area contributed by atoms with Crippen LogP contribution in [0.2, 0.25) is 5.02 Å². The molecule has 2 nitrogen and oxygen atoms in total. The highest BCUT2D eigenvalue weighted by Gasteiger charge is 2.10. The molecule has 0 heterocycles. The number of hydrogen-bond donors (Lipinski definition) is 1. The predicted molar refractivity (Wildman–Crippen MR) is 86.2 cm³/mol. The van der Waals surface area contributed by atoms with E-state index in [0.717, 1.165) is 43.3 Å². The zero-order valence-corrected chi connectivity index (χ0v) is 13.4. The van der Waals surface area contributed by atoms with E-state index in [-0.39, 0.29) is 0 Å². The Morgan fingerprint density at radius 2 is 2.00 bits per heavy atom. The van der Waals surface area contributed by atoms with Crippen LogP contribution >= 0.6 is 11.6 Å². The lowest BCUT2D eigenvalue weighted by Gasteiger charge is -2.26. The number of hydrogen-bond acceptors (Lipinski definition) is 2. The molecule has 0 aliphatic rings. The van der Waals surface area contributed by atoms with Gasteiger partial charge >= 0.3 is 0 Å². The van der Waals surface area contributed by atoms with Gasteiger partial charge in [0.2, 0.25) is 0 Å². The Labute approximate surface area is 123 Å². The number of halogens is 1. The van der Waals surface area contributed by atoms with Gasteiger partial charge in [-0.15, -0.1) is 0 Å². The van der Waals surface area contributed by atoms with Crippen molar-refractivity contribution in [2.75, 3.05) is 24.5 Å². The topological polar surface area (TPSA) is 15.3 Å². The molecule has 19 heavy (non-hydrogen) atoms. The van der Waals surface area contributed by atoms with Crippen molar-refractivity contribution in [1.82, 2.24) is 5.32 Å². The molecule has 0 unspecified atom stereocenters. The van der Waals surface area contributed by atoms with E-state index in [1.54, 1.807) is 0 Å². The summed E-state index contributed by atoms with van der Waals surface area (Å²) in [6.07, 6.45) is 1.16. The molecule has 0 radical (unpaired) electrons. The van der Waals surface area contributed by atoms with Crippen LogP contribution in [0.3, 0.4) is 0 Å². The molecule has 0 aliphatic heterocycles. The average molecular weight is 283 g/mol. The molecule has 1 rings (SSSR count). The summed E-state index contributed by atoms with van der Waals surface area (Å²) in [4.78, 5) is 2.34. The zero-order valence-electron chi connectivity index (χ0n) is 12.7. The Kier molecular flexibility index (Phi) is 7.25. The largest absolute Gasteiger partial charge is 0.370 e. The van der Waals surface area contributed by atoms with Crippen molar-refractivity contribution in [3.05, 3.63) is 28.8 Å². The Bertz CT molecular complexity index is 377. The van der Waals surface area contributed by atoms with E-state index in [0.29, 0.717) is 5.92 Å². The van der Waals surface area contributed by atoms with Gasteiger partial charge in [-0.1, -0.05) is 38.4 Å². The third-order valence-electron chi connectivity index (χ3n) is 3.08. The quantitative estimate of drug-likeness (QED) is 0.714. The van der Waals surface area contributed by atoms with Crippen LogP contribution in [0.1, 0.15) is 39.7 Å². The Morgan fingerprint density at radius 1 is 1.26 bits per heavy atom. The van der Waals surface area contributed by atoms with Gasteiger partial charge in [0.25, 0.3) is 0 Å². The molecule has 0 aliphatic carbocycles. The smallest absolute Gasteiger partial charge is 0.0642 e. The van der Waals surface area contributed by atoms with Crippen molar-refractivity contribution in [3.8, 4) is 0 Å². The first kappa shape index (κ1) is 16.3. The summed E-state index contributed by atoms with van der Waals surface area (Å²) < 4.78 is 0. The van der Waals surface area contributed by atoms with Gasteiger partial charge in [-0.05, 0) is 43.5 Å². The van der Waals surface area contributed by atoms with E-state index in [4.69, 9.17) is 11.6 Å². The van der Waals surface area contributed by atoms with E-state index in [9.17, 15) is 0 Å². The highest BCUT2D eigenvalue weighted by Crippen LogP contribution is 2.27. The lowest BCUT2D eigenvalue weighted by Crippen LogP contribution is -2.27. The number of nitrogens with one attached hydrogen (secondary N) is 1. The van der Waals surface area contributed by atoms with Crippen LogP contribution < -0.4 is 10.2 Å². The molecule has 1 aromatic carbocycles. The van der Waals surface area contributed by atoms with Crippen molar-refractivity contribution in [1.29, 1.82) is 0 Å². The van der Waals surface area contributed by atoms with E-state index in [2.05, 4.69) is 56.1 Å². The van der Waals surface area contributed by atoms with Crippen LogP contribution in [0.25, 0.3) is 0 Å². The maximum Gasteiger partial charge on any atom is 0.0642 e. The van der Waals surface area contributed by atoms with Crippen LogP contribution in [0.5, 0.6) is 0 Å². The highest BCUT2D eigenvalue weighted by atomic mass is 35.5. The van der Waals surface area contributed by atoms with Gasteiger partial charge in [-0.3, -0.25) is 0 Å². The monoisotopic (exact) mass is 282 g/mol. The van der Waals surface area contributed by atoms with Crippen molar-refractivity contribution < 1.29 is 0 Å². The minimum atomic E-state index is 0.641. The van der Waals surface area contributed by atoms with E-state index in [1.807, 2.05) is 0 Å². The van der Waals surface area contributed by atoms with E-state index in [1.165, 1.54) is 5.56 Å². The van der Waals surface area contributed by atoms with Gasteiger partial charge in [0.05, 0.1) is 10.7 Å². The summed E-state index contributed by atoms with van der Waals surface area (Å²) in [5.74, 6) is 0.641. The zero-order chi connectivity index (χ0) is 14.3. The molecular weight excluding hydrogens is 256 g/mol. The Balaban J connectivity index is 2.74. The SMILES string of the molecule is CCCNCc1ccc(N(CC)CC(C)C)c(Cl)c1. The van der Waals surface area contributed by atoms with Crippen LogP contribution in [0.4, 0.5) is 5.69 Å². The molecular formula is C16H27ClN2. The van der Waals surface area contributed by atoms with Crippen LogP contribution in [0.15, 0.2) is 18.2 Å². The second-order valence-corrected chi connectivity index (χ2v) is 5.80. The molecule has 0 spiro atoms. The third-order valence-corrected chi connectivity index (χ3v) is 3.38. The summed E-state index contributed by atoms with van der Waals surface area (Å²) in [6, 6.07) is 6.41. The average Bonchev–Trinajstić information content (AvgIpc) is 2.37. The first-order chi connectivity index (χ1) is 9.08. The molecule has 0 aromatic heterocycles. The normalized spacial score (nSPS) is 11.1. The summed E-state index contributed by atoms with van der Waals surface area (Å²) in [5.41, 5.74) is 2.40. The molecule has 0 fully saturated rings. The van der Waals surface area contributed by atoms with Crippen LogP contribution in [-0.4, -0.2) is 19.6 Å². The van der Waals surface area contributed by atoms with Gasteiger partial charge in [-0.2, -0.15) is 0 Å². The van der Waals surface area contributed by atoms with Gasteiger partial charge in [0.15, 0.2) is 0 Å². The molecule has 1 aromatic rings. The number of benzene rings is 1. The maximum absolute atomic E-state index is 6.43. The van der Waals surface area contributed by atoms with E-state index < -0.39 is 0 Å². The first-order valence-corrected chi connectivity index (χ1v) is 7.70. The molecule has 0 bridgehead atoms. The van der Waals surface area contributed by atoms with Crippen molar-refractivity contribution >= 4 is 17.3 Å². The summed E-state index contributed by atoms with van der Waals surface area (Å²) in [5, 5.41) is 4.26. The lowest BCUT2D eigenvalue weighted by atomic mass is 10.1. The number of rotatable bonds is 8. The molecule has 1 N–H and O–H groups in total. The minimum absolute atomic E-state index is 0.641. The number of nitrogens with zero attached hydrogens (tertiary/aromatic N) is 1. The fraction of sp³-hybridized carbons (Fsp3) is 0.625. The first-order valence-electron chi connectivity index (χ1n) is 7.32. The molecule has 3 heteroatoms. The fourth-order valence-corrected chi connectivity index (χ4v) is 2.49. The summed E-state index contributed by atoms with van der Waals surface area (Å²) >= 11 is 6.43. The molecule has 0 saturated heterocycles. The van der Waals surface area contributed by atoms with Crippen molar-refractivity contribution in [2.24, 2.45) is 5.92 Å². The van der Waals surface area contributed by atoms with E-state index >= 15 is 0 Å². The fourth-order valence-electron chi connectivity index (χ4n) is 2.16. The molecule has 108 valence electrons. The standard InChI is InChI=1S/C16H27ClN2/c1-5-9-18-11-14-7-8-16(15(17)10-14)19(6-2)12-13(3)4/h7-8,10,13,18H,5-6,9,11-12H2,1-4H3. The number of anilines is 1. The third kappa shape index (κ3) is 5.42. The second-order valence-electron chi connectivity index (χ2n) is 5.40. The van der Waals surface area contributed by atoms with Gasteiger partial charge < -0.3 is 10.2 Å². The van der Waals surface area contributed by atoms with Gasteiger partial charge in [0.1, 0.15) is 0 Å². The molecule has 0 saturated carbocycles. The van der Waals surface area contributed by atoms with Gasteiger partial charge in [-0.25, -0.2) is 0 Å². The second kappa shape index (κ2) is 8.44. The molecule has 0 atom stereocenters. The van der Waals surface area contributed by atoms with Crippen LogP contribution in [0, 0.1) is 5.92 Å². The van der Waals surface area contributed by atoms with Gasteiger partial charge in [0, 0.05) is 19.6 Å². The summed E-state index contributed by atoms with van der Waals surface area (Å²) in [7, 11) is 0. The lowest BCUT2D eigenvalue weighted by molar-refractivity contribution is 0.618.